The molecule has 0 saturated heterocycles. The van der Waals surface area contributed by atoms with Gasteiger partial charge in [0.05, 0.1) is 24.6 Å². The monoisotopic (exact) mass is 272 g/mol. The lowest BCUT2D eigenvalue weighted by atomic mass is 10.1. The molecule has 20 heavy (non-hydrogen) atoms. The maximum absolute atomic E-state index is 6.04. The van der Waals surface area contributed by atoms with Crippen LogP contribution >= 0.6 is 0 Å². The molecule has 0 unspecified atom stereocenters. The summed E-state index contributed by atoms with van der Waals surface area (Å²) < 4.78 is 11.2. The molecule has 2 aromatic rings. The molecule has 0 saturated carbocycles. The molecule has 1 aromatic carbocycles. The zero-order chi connectivity index (χ0) is 14.5. The quantitative estimate of drug-likeness (QED) is 0.905. The highest BCUT2D eigenvalue weighted by atomic mass is 16.5. The normalized spacial score (nSPS) is 10.3. The Hall–Kier alpha value is -2.23. The maximum Gasteiger partial charge on any atom is 0.161 e. The molecule has 4 heteroatoms. The van der Waals surface area contributed by atoms with E-state index in [4.69, 9.17) is 15.2 Å². The number of rotatable bonds is 5. The van der Waals surface area contributed by atoms with Crippen molar-refractivity contribution in [2.24, 2.45) is 0 Å². The number of nitrogens with two attached hydrogens (primary N) is 1. The average molecular weight is 272 g/mol. The van der Waals surface area contributed by atoms with Gasteiger partial charge in [-0.3, -0.25) is 4.98 Å². The first-order valence-corrected chi connectivity index (χ1v) is 6.77. The van der Waals surface area contributed by atoms with Crippen molar-refractivity contribution < 1.29 is 9.47 Å². The van der Waals surface area contributed by atoms with Crippen LogP contribution in [0.4, 0.5) is 5.69 Å². The number of aryl methyl sites for hydroxylation is 1. The van der Waals surface area contributed by atoms with Crippen molar-refractivity contribution in [2.45, 2.75) is 20.8 Å². The first-order valence-electron chi connectivity index (χ1n) is 6.77. The Morgan fingerprint density at radius 1 is 1.05 bits per heavy atom. The number of nitrogen functional groups attached to an aromatic ring is 1. The van der Waals surface area contributed by atoms with Gasteiger partial charge in [0.25, 0.3) is 0 Å². The minimum absolute atomic E-state index is 0.584. The van der Waals surface area contributed by atoms with E-state index < -0.39 is 0 Å². The third-order valence-corrected chi connectivity index (χ3v) is 2.87. The van der Waals surface area contributed by atoms with Crippen LogP contribution in [0.5, 0.6) is 11.5 Å². The minimum atomic E-state index is 0.584. The molecule has 0 spiro atoms. The van der Waals surface area contributed by atoms with Crippen molar-refractivity contribution in [3.63, 3.8) is 0 Å². The highest BCUT2D eigenvalue weighted by Gasteiger charge is 2.10. The zero-order valence-electron chi connectivity index (χ0n) is 12.1. The summed E-state index contributed by atoms with van der Waals surface area (Å²) in [6, 6.07) is 7.67. The summed E-state index contributed by atoms with van der Waals surface area (Å²) in [6.07, 6.45) is 1.81. The predicted octanol–water partition coefficient (Wildman–Crippen LogP) is 3.44. The molecule has 0 aliphatic carbocycles. The summed E-state index contributed by atoms with van der Waals surface area (Å²) in [5.41, 5.74) is 9.44. The first-order chi connectivity index (χ1) is 9.65. The molecule has 0 aliphatic heterocycles. The highest BCUT2D eigenvalue weighted by molar-refractivity contribution is 5.74. The van der Waals surface area contributed by atoms with E-state index in [1.807, 2.05) is 51.2 Å². The van der Waals surface area contributed by atoms with E-state index in [0.717, 1.165) is 22.6 Å². The Morgan fingerprint density at radius 3 is 2.40 bits per heavy atom. The SMILES string of the molecule is CCOc1ccc(-c2ncc(C)cc2N)cc1OCC. The largest absolute Gasteiger partial charge is 0.490 e. The van der Waals surface area contributed by atoms with Crippen LogP contribution in [0.15, 0.2) is 30.5 Å². The molecular formula is C16H20N2O2. The van der Waals surface area contributed by atoms with Crippen molar-refractivity contribution in [1.82, 2.24) is 4.98 Å². The van der Waals surface area contributed by atoms with Gasteiger partial charge < -0.3 is 15.2 Å². The fourth-order valence-corrected chi connectivity index (χ4v) is 2.03. The highest BCUT2D eigenvalue weighted by Crippen LogP contribution is 2.34. The van der Waals surface area contributed by atoms with Crippen molar-refractivity contribution in [3.8, 4) is 22.8 Å². The van der Waals surface area contributed by atoms with Crippen LogP contribution in [-0.2, 0) is 0 Å². The molecule has 4 nitrogen and oxygen atoms in total. The second-order valence-electron chi connectivity index (χ2n) is 4.48. The number of hydrogen-bond donors (Lipinski definition) is 1. The summed E-state index contributed by atoms with van der Waals surface area (Å²) in [5.74, 6) is 1.46. The summed E-state index contributed by atoms with van der Waals surface area (Å²) >= 11 is 0. The van der Waals surface area contributed by atoms with E-state index in [2.05, 4.69) is 4.98 Å². The molecule has 0 atom stereocenters. The van der Waals surface area contributed by atoms with Crippen LogP contribution in [0.1, 0.15) is 19.4 Å². The Kier molecular flexibility index (Phi) is 4.45. The molecule has 0 amide bonds. The fourth-order valence-electron chi connectivity index (χ4n) is 2.03. The number of ether oxygens (including phenoxy) is 2. The first kappa shape index (κ1) is 14.2. The second-order valence-corrected chi connectivity index (χ2v) is 4.48. The molecular weight excluding hydrogens is 252 g/mol. The van der Waals surface area contributed by atoms with E-state index in [-0.39, 0.29) is 0 Å². The van der Waals surface area contributed by atoms with E-state index in [9.17, 15) is 0 Å². The number of pyridine rings is 1. The lowest BCUT2D eigenvalue weighted by Crippen LogP contribution is -1.99. The van der Waals surface area contributed by atoms with Gasteiger partial charge >= 0.3 is 0 Å². The van der Waals surface area contributed by atoms with Crippen LogP contribution < -0.4 is 15.2 Å². The molecule has 2 N–H and O–H groups in total. The Morgan fingerprint density at radius 2 is 1.75 bits per heavy atom. The minimum Gasteiger partial charge on any atom is -0.490 e. The van der Waals surface area contributed by atoms with E-state index in [1.165, 1.54) is 0 Å². The van der Waals surface area contributed by atoms with Crippen molar-refractivity contribution in [3.05, 3.63) is 36.0 Å². The molecule has 1 aromatic heterocycles. The topological polar surface area (TPSA) is 57.4 Å². The molecule has 0 aliphatic rings. The smallest absolute Gasteiger partial charge is 0.161 e. The average Bonchev–Trinajstić information content (AvgIpc) is 2.41. The Labute approximate surface area is 119 Å². The lowest BCUT2D eigenvalue weighted by Gasteiger charge is -2.13. The third kappa shape index (κ3) is 3.02. The molecule has 0 fully saturated rings. The number of anilines is 1. The summed E-state index contributed by atoms with van der Waals surface area (Å²) in [7, 11) is 0. The molecule has 2 rings (SSSR count). The van der Waals surface area contributed by atoms with Crippen LogP contribution in [0, 0.1) is 6.92 Å². The zero-order valence-corrected chi connectivity index (χ0v) is 12.1. The third-order valence-electron chi connectivity index (χ3n) is 2.87. The van der Waals surface area contributed by atoms with Crippen LogP contribution in [0.25, 0.3) is 11.3 Å². The molecule has 106 valence electrons. The van der Waals surface area contributed by atoms with Crippen LogP contribution in [-0.4, -0.2) is 18.2 Å². The Bertz CT molecular complexity index is 597. The Balaban J connectivity index is 2.44. The molecule has 0 bridgehead atoms. The van der Waals surface area contributed by atoms with Gasteiger partial charge in [-0.25, -0.2) is 0 Å². The fraction of sp³-hybridized carbons (Fsp3) is 0.312. The van der Waals surface area contributed by atoms with Crippen LogP contribution in [0.2, 0.25) is 0 Å². The van der Waals surface area contributed by atoms with Gasteiger partial charge in [0.1, 0.15) is 0 Å². The van der Waals surface area contributed by atoms with Crippen molar-refractivity contribution in [1.29, 1.82) is 0 Å². The number of nitrogens with zero attached hydrogens (tertiary/aromatic N) is 1. The van der Waals surface area contributed by atoms with Gasteiger partial charge in [0.15, 0.2) is 11.5 Å². The van der Waals surface area contributed by atoms with E-state index in [0.29, 0.717) is 24.7 Å². The van der Waals surface area contributed by atoms with Crippen molar-refractivity contribution >= 4 is 5.69 Å². The maximum atomic E-state index is 6.04. The standard InChI is InChI=1S/C16H20N2O2/c1-4-19-14-7-6-12(9-15(14)20-5-2)16-13(17)8-11(3)10-18-16/h6-10H,4-5,17H2,1-3H3. The van der Waals surface area contributed by atoms with Gasteiger partial charge in [0, 0.05) is 11.8 Å². The van der Waals surface area contributed by atoms with E-state index in [1.54, 1.807) is 0 Å². The van der Waals surface area contributed by atoms with Gasteiger partial charge in [-0.05, 0) is 50.6 Å². The lowest BCUT2D eigenvalue weighted by molar-refractivity contribution is 0.288. The molecule has 1 heterocycles. The second kappa shape index (κ2) is 6.28. The number of benzene rings is 1. The summed E-state index contributed by atoms with van der Waals surface area (Å²) in [6.45, 7) is 7.05. The summed E-state index contributed by atoms with van der Waals surface area (Å²) in [4.78, 5) is 4.40. The van der Waals surface area contributed by atoms with Gasteiger partial charge in [-0.2, -0.15) is 0 Å². The van der Waals surface area contributed by atoms with E-state index >= 15 is 0 Å². The van der Waals surface area contributed by atoms with Crippen LogP contribution in [0.3, 0.4) is 0 Å². The number of aromatic nitrogens is 1. The molecule has 0 radical (unpaired) electrons. The van der Waals surface area contributed by atoms with Crippen molar-refractivity contribution in [2.75, 3.05) is 18.9 Å². The van der Waals surface area contributed by atoms with Gasteiger partial charge in [-0.1, -0.05) is 0 Å². The van der Waals surface area contributed by atoms with Gasteiger partial charge in [-0.15, -0.1) is 0 Å². The van der Waals surface area contributed by atoms with Gasteiger partial charge in [0.2, 0.25) is 0 Å². The number of hydrogen-bond acceptors (Lipinski definition) is 4. The predicted molar refractivity (Wildman–Crippen MR) is 81.2 cm³/mol. The summed E-state index contributed by atoms with van der Waals surface area (Å²) in [5, 5.41) is 0.